The minimum atomic E-state index is 0.400. The van der Waals surface area contributed by atoms with Gasteiger partial charge in [-0.1, -0.05) is 44.2 Å². The number of hydrogen-bond donors (Lipinski definition) is 2. The van der Waals surface area contributed by atoms with Crippen LogP contribution in [0.25, 0.3) is 0 Å². The Morgan fingerprint density at radius 3 is 2.44 bits per heavy atom. The maximum atomic E-state index is 5.26. The molecule has 1 rings (SSSR count). The molecule has 100 valence electrons. The van der Waals surface area contributed by atoms with Crippen LogP contribution in [0.4, 0.5) is 0 Å². The maximum absolute atomic E-state index is 5.26. The summed E-state index contributed by atoms with van der Waals surface area (Å²) in [6.07, 6.45) is 2.18. The largest absolute Gasteiger partial charge is 0.362 e. The van der Waals surface area contributed by atoms with E-state index >= 15 is 0 Å². The Bertz CT molecular complexity index is 349. The van der Waals surface area contributed by atoms with Crippen molar-refractivity contribution in [3.63, 3.8) is 0 Å². The molecule has 0 radical (unpaired) electrons. The average Bonchev–Trinajstić information content (AvgIpc) is 2.35. The van der Waals surface area contributed by atoms with Gasteiger partial charge in [0.25, 0.3) is 0 Å². The SMILES string of the molecule is CC(C)CNC(=S)NC(C)CCc1ccccc1. The standard InChI is InChI=1S/C15H24N2S/c1-12(2)11-16-15(18)17-13(3)9-10-14-7-5-4-6-8-14/h4-8,12-13H,9-11H2,1-3H3,(H2,16,17,18). The summed E-state index contributed by atoms with van der Waals surface area (Å²) in [5, 5.41) is 7.33. The van der Waals surface area contributed by atoms with Gasteiger partial charge >= 0.3 is 0 Å². The van der Waals surface area contributed by atoms with E-state index in [0.29, 0.717) is 12.0 Å². The first-order chi connectivity index (χ1) is 8.58. The number of rotatable bonds is 6. The highest BCUT2D eigenvalue weighted by atomic mass is 32.1. The molecule has 2 nitrogen and oxygen atoms in total. The molecule has 18 heavy (non-hydrogen) atoms. The lowest BCUT2D eigenvalue weighted by molar-refractivity contribution is 0.579. The van der Waals surface area contributed by atoms with Crippen LogP contribution < -0.4 is 10.6 Å². The Hall–Kier alpha value is -1.09. The van der Waals surface area contributed by atoms with E-state index in [9.17, 15) is 0 Å². The average molecular weight is 264 g/mol. The molecule has 0 aliphatic rings. The molecule has 1 atom stereocenters. The molecule has 0 amide bonds. The van der Waals surface area contributed by atoms with Crippen LogP contribution in [0.3, 0.4) is 0 Å². The summed E-state index contributed by atoms with van der Waals surface area (Å²) in [5.41, 5.74) is 1.38. The zero-order valence-corrected chi connectivity index (χ0v) is 12.4. The third kappa shape index (κ3) is 6.60. The molecule has 0 bridgehead atoms. The summed E-state index contributed by atoms with van der Waals surface area (Å²) in [6, 6.07) is 11.0. The molecule has 0 saturated carbocycles. The van der Waals surface area contributed by atoms with E-state index in [1.807, 2.05) is 0 Å². The van der Waals surface area contributed by atoms with Crippen LogP contribution >= 0.6 is 12.2 Å². The lowest BCUT2D eigenvalue weighted by atomic mass is 10.1. The topological polar surface area (TPSA) is 24.1 Å². The minimum Gasteiger partial charge on any atom is -0.362 e. The molecular weight excluding hydrogens is 240 g/mol. The van der Waals surface area contributed by atoms with Crippen molar-refractivity contribution in [3.05, 3.63) is 35.9 Å². The molecule has 0 fully saturated rings. The van der Waals surface area contributed by atoms with E-state index in [1.54, 1.807) is 0 Å². The third-order valence-corrected chi connectivity index (χ3v) is 3.02. The van der Waals surface area contributed by atoms with Crippen LogP contribution in [0.1, 0.15) is 32.8 Å². The minimum absolute atomic E-state index is 0.400. The van der Waals surface area contributed by atoms with Crippen molar-refractivity contribution < 1.29 is 0 Å². The van der Waals surface area contributed by atoms with E-state index in [2.05, 4.69) is 61.7 Å². The molecule has 0 spiro atoms. The molecule has 0 saturated heterocycles. The Kier molecular flexibility index (Phi) is 6.73. The first-order valence-corrected chi connectivity index (χ1v) is 7.07. The van der Waals surface area contributed by atoms with Crippen LogP contribution in [0.15, 0.2) is 30.3 Å². The summed E-state index contributed by atoms with van der Waals surface area (Å²) < 4.78 is 0. The van der Waals surface area contributed by atoms with Crippen LogP contribution in [-0.4, -0.2) is 17.7 Å². The molecule has 1 unspecified atom stereocenters. The number of nitrogens with one attached hydrogen (secondary N) is 2. The zero-order chi connectivity index (χ0) is 13.4. The first kappa shape index (κ1) is 15.0. The predicted molar refractivity (Wildman–Crippen MR) is 82.8 cm³/mol. The van der Waals surface area contributed by atoms with Gasteiger partial charge in [0.1, 0.15) is 0 Å². The van der Waals surface area contributed by atoms with E-state index < -0.39 is 0 Å². The van der Waals surface area contributed by atoms with Gasteiger partial charge < -0.3 is 10.6 Å². The van der Waals surface area contributed by atoms with E-state index in [-0.39, 0.29) is 0 Å². The molecule has 1 aromatic rings. The monoisotopic (exact) mass is 264 g/mol. The van der Waals surface area contributed by atoms with Gasteiger partial charge in [0.15, 0.2) is 5.11 Å². The van der Waals surface area contributed by atoms with E-state index in [0.717, 1.165) is 24.5 Å². The molecule has 0 aromatic heterocycles. The molecule has 0 heterocycles. The van der Waals surface area contributed by atoms with Crippen molar-refractivity contribution in [2.24, 2.45) is 5.92 Å². The second-order valence-corrected chi connectivity index (χ2v) is 5.58. The van der Waals surface area contributed by atoms with Gasteiger partial charge in [-0.15, -0.1) is 0 Å². The van der Waals surface area contributed by atoms with Crippen molar-refractivity contribution >= 4 is 17.3 Å². The highest BCUT2D eigenvalue weighted by Crippen LogP contribution is 2.04. The van der Waals surface area contributed by atoms with Crippen molar-refractivity contribution in [2.75, 3.05) is 6.54 Å². The number of aryl methyl sites for hydroxylation is 1. The number of hydrogen-bond acceptors (Lipinski definition) is 1. The summed E-state index contributed by atoms with van der Waals surface area (Å²) >= 11 is 5.26. The molecular formula is C15H24N2S. The van der Waals surface area contributed by atoms with Gasteiger partial charge in [-0.05, 0) is 43.5 Å². The second-order valence-electron chi connectivity index (χ2n) is 5.17. The summed E-state index contributed by atoms with van der Waals surface area (Å²) in [4.78, 5) is 0. The first-order valence-electron chi connectivity index (χ1n) is 6.66. The lowest BCUT2D eigenvalue weighted by Crippen LogP contribution is -2.42. The lowest BCUT2D eigenvalue weighted by Gasteiger charge is -2.17. The van der Waals surface area contributed by atoms with Crippen LogP contribution in [-0.2, 0) is 6.42 Å². The molecule has 1 aromatic carbocycles. The number of thiocarbonyl (C=S) groups is 1. The predicted octanol–water partition coefficient (Wildman–Crippen LogP) is 3.13. The summed E-state index contributed by atoms with van der Waals surface area (Å²) in [6.45, 7) is 7.45. The van der Waals surface area contributed by atoms with Crippen molar-refractivity contribution in [1.29, 1.82) is 0 Å². The quantitative estimate of drug-likeness (QED) is 0.772. The molecule has 0 aliphatic heterocycles. The van der Waals surface area contributed by atoms with E-state index in [4.69, 9.17) is 12.2 Å². The van der Waals surface area contributed by atoms with Gasteiger partial charge in [-0.2, -0.15) is 0 Å². The fourth-order valence-corrected chi connectivity index (χ4v) is 1.96. The fraction of sp³-hybridized carbons (Fsp3) is 0.533. The number of benzene rings is 1. The second kappa shape index (κ2) is 8.09. The van der Waals surface area contributed by atoms with Crippen molar-refractivity contribution in [1.82, 2.24) is 10.6 Å². The zero-order valence-electron chi connectivity index (χ0n) is 11.6. The van der Waals surface area contributed by atoms with Gasteiger partial charge in [-0.25, -0.2) is 0 Å². The molecule has 3 heteroatoms. The summed E-state index contributed by atoms with van der Waals surface area (Å²) in [5.74, 6) is 0.615. The van der Waals surface area contributed by atoms with Gasteiger partial charge in [0, 0.05) is 12.6 Å². The van der Waals surface area contributed by atoms with Crippen LogP contribution in [0.5, 0.6) is 0 Å². The highest BCUT2D eigenvalue weighted by molar-refractivity contribution is 7.80. The molecule has 2 N–H and O–H groups in total. The van der Waals surface area contributed by atoms with Gasteiger partial charge in [0.05, 0.1) is 0 Å². The van der Waals surface area contributed by atoms with Crippen LogP contribution in [0, 0.1) is 5.92 Å². The highest BCUT2D eigenvalue weighted by Gasteiger charge is 2.04. The van der Waals surface area contributed by atoms with Gasteiger partial charge in [0.2, 0.25) is 0 Å². The molecule has 0 aliphatic carbocycles. The Morgan fingerprint density at radius 2 is 1.83 bits per heavy atom. The maximum Gasteiger partial charge on any atom is 0.166 e. The Labute approximate surface area is 116 Å². The van der Waals surface area contributed by atoms with Crippen molar-refractivity contribution in [2.45, 2.75) is 39.7 Å². The Balaban J connectivity index is 2.21. The van der Waals surface area contributed by atoms with Crippen molar-refractivity contribution in [3.8, 4) is 0 Å². The van der Waals surface area contributed by atoms with Crippen LogP contribution in [0.2, 0.25) is 0 Å². The van der Waals surface area contributed by atoms with E-state index in [1.165, 1.54) is 5.56 Å². The fourth-order valence-electron chi connectivity index (χ4n) is 1.67. The Morgan fingerprint density at radius 1 is 1.17 bits per heavy atom. The summed E-state index contributed by atoms with van der Waals surface area (Å²) in [7, 11) is 0. The van der Waals surface area contributed by atoms with Gasteiger partial charge in [-0.3, -0.25) is 0 Å². The smallest absolute Gasteiger partial charge is 0.166 e. The normalized spacial score (nSPS) is 12.2. The third-order valence-electron chi connectivity index (χ3n) is 2.76.